The van der Waals surface area contributed by atoms with Gasteiger partial charge in [-0.25, -0.2) is 0 Å². The molecule has 13 heavy (non-hydrogen) atoms. The summed E-state index contributed by atoms with van der Waals surface area (Å²) in [4.78, 5) is 11.5. The highest BCUT2D eigenvalue weighted by atomic mass is 16.2. The maximum atomic E-state index is 11.5. The first-order chi connectivity index (χ1) is 6.00. The molecule has 0 unspecified atom stereocenters. The van der Waals surface area contributed by atoms with E-state index in [0.29, 0.717) is 6.04 Å². The first-order valence-electron chi connectivity index (χ1n) is 5.02. The number of carbonyl (C=O) groups excluding carboxylic acids is 1. The van der Waals surface area contributed by atoms with Gasteiger partial charge < -0.3 is 10.6 Å². The molecular weight excluding hydrogens is 164 g/mol. The summed E-state index contributed by atoms with van der Waals surface area (Å²) >= 11 is 0. The van der Waals surface area contributed by atoms with Gasteiger partial charge in [0, 0.05) is 18.0 Å². The second-order valence-electron chi connectivity index (χ2n) is 4.75. The van der Waals surface area contributed by atoms with E-state index in [4.69, 9.17) is 0 Å². The molecule has 1 aliphatic heterocycles. The van der Waals surface area contributed by atoms with Crippen LogP contribution in [0.2, 0.25) is 0 Å². The molecule has 76 valence electrons. The number of hydrogen-bond donors (Lipinski definition) is 2. The minimum atomic E-state index is -0.265. The zero-order valence-electron chi connectivity index (χ0n) is 8.81. The fourth-order valence-corrected chi connectivity index (χ4v) is 1.41. The minimum absolute atomic E-state index is 0.140. The largest absolute Gasteiger partial charge is 0.354 e. The molecule has 1 heterocycles. The molecule has 1 amide bonds. The summed E-state index contributed by atoms with van der Waals surface area (Å²) in [5.41, 5.74) is -0.265. The predicted molar refractivity (Wildman–Crippen MR) is 53.5 cm³/mol. The van der Waals surface area contributed by atoms with Gasteiger partial charge in [0.05, 0.1) is 0 Å². The van der Waals surface area contributed by atoms with Crippen LogP contribution in [0, 0.1) is 5.41 Å². The highest BCUT2D eigenvalue weighted by Crippen LogP contribution is 2.12. The van der Waals surface area contributed by atoms with E-state index in [0.717, 1.165) is 13.1 Å². The Kier molecular flexibility index (Phi) is 3.31. The van der Waals surface area contributed by atoms with E-state index in [2.05, 4.69) is 10.6 Å². The van der Waals surface area contributed by atoms with Crippen LogP contribution in [-0.2, 0) is 4.79 Å². The van der Waals surface area contributed by atoms with Crippen LogP contribution in [0.1, 0.15) is 33.6 Å². The molecule has 0 spiro atoms. The molecule has 3 heteroatoms. The van der Waals surface area contributed by atoms with Crippen LogP contribution in [0.4, 0.5) is 0 Å². The lowest BCUT2D eigenvalue weighted by molar-refractivity contribution is -0.128. The standard InChI is InChI=1S/C10H20N2O/c1-10(2,3)9(13)12-7-8-5-4-6-11-8/h8,11H,4-7H2,1-3H3,(H,12,13)/t8-/m0/s1. The van der Waals surface area contributed by atoms with Crippen LogP contribution in [0.5, 0.6) is 0 Å². The summed E-state index contributed by atoms with van der Waals surface area (Å²) in [5.74, 6) is 0.140. The zero-order chi connectivity index (χ0) is 9.90. The van der Waals surface area contributed by atoms with Crippen LogP contribution >= 0.6 is 0 Å². The third-order valence-electron chi connectivity index (χ3n) is 2.35. The molecule has 1 aliphatic rings. The van der Waals surface area contributed by atoms with Crippen molar-refractivity contribution in [1.29, 1.82) is 0 Å². The first kappa shape index (κ1) is 10.5. The normalized spacial score (nSPS) is 23.2. The van der Waals surface area contributed by atoms with Crippen molar-refractivity contribution in [2.75, 3.05) is 13.1 Å². The minimum Gasteiger partial charge on any atom is -0.354 e. The Morgan fingerprint density at radius 3 is 2.69 bits per heavy atom. The van der Waals surface area contributed by atoms with Crippen molar-refractivity contribution in [3.05, 3.63) is 0 Å². The lowest BCUT2D eigenvalue weighted by Crippen LogP contribution is -2.42. The quantitative estimate of drug-likeness (QED) is 0.669. The van der Waals surface area contributed by atoms with Crippen LogP contribution < -0.4 is 10.6 Å². The second kappa shape index (κ2) is 4.09. The van der Waals surface area contributed by atoms with Gasteiger partial charge in [0.2, 0.25) is 5.91 Å². The monoisotopic (exact) mass is 184 g/mol. The van der Waals surface area contributed by atoms with Crippen molar-refractivity contribution < 1.29 is 4.79 Å². The van der Waals surface area contributed by atoms with Gasteiger partial charge in [-0.15, -0.1) is 0 Å². The maximum Gasteiger partial charge on any atom is 0.225 e. The molecule has 0 saturated carbocycles. The van der Waals surface area contributed by atoms with E-state index < -0.39 is 0 Å². The fraction of sp³-hybridized carbons (Fsp3) is 0.900. The summed E-state index contributed by atoms with van der Waals surface area (Å²) in [7, 11) is 0. The Labute approximate surface area is 80.3 Å². The third-order valence-corrected chi connectivity index (χ3v) is 2.35. The number of hydrogen-bond acceptors (Lipinski definition) is 2. The van der Waals surface area contributed by atoms with Gasteiger partial charge in [-0.3, -0.25) is 4.79 Å². The highest BCUT2D eigenvalue weighted by molar-refractivity contribution is 5.81. The molecule has 0 aliphatic carbocycles. The van der Waals surface area contributed by atoms with Gasteiger partial charge in [0.25, 0.3) is 0 Å². The summed E-state index contributed by atoms with van der Waals surface area (Å²) in [6.07, 6.45) is 2.42. The van der Waals surface area contributed by atoms with Crippen LogP contribution in [0.3, 0.4) is 0 Å². The van der Waals surface area contributed by atoms with E-state index in [1.165, 1.54) is 12.8 Å². The summed E-state index contributed by atoms with van der Waals surface area (Å²) in [6.45, 7) is 7.67. The van der Waals surface area contributed by atoms with Gasteiger partial charge in [-0.2, -0.15) is 0 Å². The summed E-state index contributed by atoms with van der Waals surface area (Å²) < 4.78 is 0. The predicted octanol–water partition coefficient (Wildman–Crippen LogP) is 0.901. The third kappa shape index (κ3) is 3.35. The summed E-state index contributed by atoms with van der Waals surface area (Å²) in [5, 5.41) is 6.31. The molecule has 0 aromatic heterocycles. The van der Waals surface area contributed by atoms with E-state index in [-0.39, 0.29) is 11.3 Å². The molecule has 1 saturated heterocycles. The highest BCUT2D eigenvalue weighted by Gasteiger charge is 2.22. The number of carbonyl (C=O) groups is 1. The zero-order valence-corrected chi connectivity index (χ0v) is 8.81. The lowest BCUT2D eigenvalue weighted by atomic mass is 9.95. The van der Waals surface area contributed by atoms with Crippen molar-refractivity contribution in [3.8, 4) is 0 Å². The molecule has 2 N–H and O–H groups in total. The van der Waals surface area contributed by atoms with Crippen LogP contribution in [0.25, 0.3) is 0 Å². The second-order valence-corrected chi connectivity index (χ2v) is 4.75. The van der Waals surface area contributed by atoms with Gasteiger partial charge in [0.15, 0.2) is 0 Å². The van der Waals surface area contributed by atoms with Gasteiger partial charge in [-0.1, -0.05) is 20.8 Å². The van der Waals surface area contributed by atoms with E-state index >= 15 is 0 Å². The first-order valence-corrected chi connectivity index (χ1v) is 5.02. The van der Waals surface area contributed by atoms with E-state index in [1.54, 1.807) is 0 Å². The van der Waals surface area contributed by atoms with Crippen molar-refractivity contribution in [2.45, 2.75) is 39.7 Å². The topological polar surface area (TPSA) is 41.1 Å². The Morgan fingerprint density at radius 2 is 2.23 bits per heavy atom. The molecule has 3 nitrogen and oxygen atoms in total. The van der Waals surface area contributed by atoms with E-state index in [9.17, 15) is 4.79 Å². The van der Waals surface area contributed by atoms with Crippen LogP contribution in [0.15, 0.2) is 0 Å². The van der Waals surface area contributed by atoms with Gasteiger partial charge in [-0.05, 0) is 19.4 Å². The molecule has 1 atom stereocenters. The molecule has 0 aromatic rings. The van der Waals surface area contributed by atoms with Gasteiger partial charge >= 0.3 is 0 Å². The Balaban J connectivity index is 2.22. The van der Waals surface area contributed by atoms with Crippen molar-refractivity contribution in [2.24, 2.45) is 5.41 Å². The smallest absolute Gasteiger partial charge is 0.225 e. The van der Waals surface area contributed by atoms with Crippen molar-refractivity contribution in [1.82, 2.24) is 10.6 Å². The SMILES string of the molecule is CC(C)(C)C(=O)NC[C@@H]1CCCN1. The van der Waals surface area contributed by atoms with Gasteiger partial charge in [0.1, 0.15) is 0 Å². The number of amides is 1. The molecule has 0 bridgehead atoms. The molecule has 1 fully saturated rings. The number of rotatable bonds is 2. The molecule has 0 radical (unpaired) electrons. The lowest BCUT2D eigenvalue weighted by Gasteiger charge is -2.19. The van der Waals surface area contributed by atoms with Crippen molar-refractivity contribution in [3.63, 3.8) is 0 Å². The Hall–Kier alpha value is -0.570. The maximum absolute atomic E-state index is 11.5. The molecule has 0 aromatic carbocycles. The average Bonchev–Trinajstić information content (AvgIpc) is 2.50. The number of nitrogens with one attached hydrogen (secondary N) is 2. The summed E-state index contributed by atoms with van der Waals surface area (Å²) in [6, 6.07) is 0.492. The molecule has 1 rings (SSSR count). The Bertz CT molecular complexity index is 178. The Morgan fingerprint density at radius 1 is 1.54 bits per heavy atom. The average molecular weight is 184 g/mol. The molecular formula is C10H20N2O. The van der Waals surface area contributed by atoms with Crippen molar-refractivity contribution >= 4 is 5.91 Å². The fourth-order valence-electron chi connectivity index (χ4n) is 1.41. The van der Waals surface area contributed by atoms with Crippen LogP contribution in [-0.4, -0.2) is 25.0 Å². The van der Waals surface area contributed by atoms with E-state index in [1.807, 2.05) is 20.8 Å².